The summed E-state index contributed by atoms with van der Waals surface area (Å²) in [6.45, 7) is 7.34. The van der Waals surface area contributed by atoms with Gasteiger partial charge in [-0.25, -0.2) is 0 Å². The van der Waals surface area contributed by atoms with Crippen molar-refractivity contribution in [2.24, 2.45) is 11.8 Å². The lowest BCUT2D eigenvalue weighted by atomic mass is 9.85. The van der Waals surface area contributed by atoms with Crippen molar-refractivity contribution >= 4 is 12.0 Å². The average Bonchev–Trinajstić information content (AvgIpc) is 3.00. The first-order valence-electron chi connectivity index (χ1n) is 7.34. The maximum absolute atomic E-state index is 12.5. The number of nitrogens with one attached hydrogen (secondary N) is 1. The highest BCUT2D eigenvalue weighted by Gasteiger charge is 2.50. The van der Waals surface area contributed by atoms with E-state index in [1.807, 2.05) is 41.3 Å². The number of hydrogen-bond acceptors (Lipinski definition) is 2. The van der Waals surface area contributed by atoms with Gasteiger partial charge in [-0.1, -0.05) is 30.3 Å². The predicted molar refractivity (Wildman–Crippen MR) is 81.1 cm³/mol. The van der Waals surface area contributed by atoms with E-state index in [9.17, 15) is 4.79 Å². The summed E-state index contributed by atoms with van der Waals surface area (Å²) in [5.41, 5.74) is 1.02. The van der Waals surface area contributed by atoms with Gasteiger partial charge >= 0.3 is 0 Å². The Morgan fingerprint density at radius 2 is 2.05 bits per heavy atom. The second-order valence-corrected chi connectivity index (χ2v) is 6.37. The van der Waals surface area contributed by atoms with E-state index in [4.69, 9.17) is 0 Å². The molecular formula is C17H22N2O. The molecule has 2 aliphatic rings. The number of likely N-dealkylation sites (tertiary alicyclic amines) is 1. The third-order valence-corrected chi connectivity index (χ3v) is 4.84. The molecule has 2 fully saturated rings. The van der Waals surface area contributed by atoms with Gasteiger partial charge in [0.1, 0.15) is 0 Å². The van der Waals surface area contributed by atoms with Crippen molar-refractivity contribution in [3.63, 3.8) is 0 Å². The van der Waals surface area contributed by atoms with Crippen molar-refractivity contribution in [3.05, 3.63) is 42.0 Å². The fraction of sp³-hybridized carbons (Fsp3) is 0.471. The van der Waals surface area contributed by atoms with E-state index in [0.29, 0.717) is 11.8 Å². The largest absolute Gasteiger partial charge is 0.333 e. The summed E-state index contributed by atoms with van der Waals surface area (Å²) in [5.74, 6) is 1.32. The smallest absolute Gasteiger partial charge is 0.247 e. The van der Waals surface area contributed by atoms with E-state index in [1.54, 1.807) is 6.08 Å². The summed E-state index contributed by atoms with van der Waals surface area (Å²) in [4.78, 5) is 14.5. The summed E-state index contributed by atoms with van der Waals surface area (Å²) in [7, 11) is 0. The monoisotopic (exact) mass is 270 g/mol. The van der Waals surface area contributed by atoms with Gasteiger partial charge in [-0.3, -0.25) is 4.79 Å². The number of amides is 1. The lowest BCUT2D eigenvalue weighted by Crippen LogP contribution is -2.47. The third kappa shape index (κ3) is 2.27. The molecule has 1 amide bonds. The number of benzene rings is 1. The zero-order valence-corrected chi connectivity index (χ0v) is 12.2. The van der Waals surface area contributed by atoms with Gasteiger partial charge in [0, 0.05) is 31.2 Å². The molecule has 1 N–H and O–H groups in total. The molecule has 0 aliphatic carbocycles. The molecule has 0 spiro atoms. The van der Waals surface area contributed by atoms with E-state index >= 15 is 0 Å². The molecule has 2 heterocycles. The highest BCUT2D eigenvalue weighted by Crippen LogP contribution is 2.40. The molecule has 1 aromatic rings. The molecule has 2 saturated heterocycles. The van der Waals surface area contributed by atoms with Gasteiger partial charge in [-0.2, -0.15) is 0 Å². The molecule has 106 valence electrons. The minimum absolute atomic E-state index is 0.0493. The molecule has 0 bridgehead atoms. The highest BCUT2D eigenvalue weighted by atomic mass is 16.2. The first-order chi connectivity index (χ1) is 9.59. The first kappa shape index (κ1) is 13.4. The summed E-state index contributed by atoms with van der Waals surface area (Å²) in [6, 6.07) is 9.98. The van der Waals surface area contributed by atoms with Crippen LogP contribution in [0.3, 0.4) is 0 Å². The summed E-state index contributed by atoms with van der Waals surface area (Å²) in [6.07, 6.45) is 3.62. The second-order valence-electron chi connectivity index (χ2n) is 6.37. The SMILES string of the molecule is CC1(C)C2CNCC2CN1C(=O)C=Cc1ccccc1. The Hall–Kier alpha value is -1.61. The highest BCUT2D eigenvalue weighted by molar-refractivity contribution is 5.92. The molecule has 20 heavy (non-hydrogen) atoms. The van der Waals surface area contributed by atoms with Gasteiger partial charge in [0.2, 0.25) is 5.91 Å². The molecule has 0 aromatic heterocycles. The topological polar surface area (TPSA) is 32.3 Å². The molecule has 1 aromatic carbocycles. The summed E-state index contributed by atoms with van der Waals surface area (Å²) in [5, 5.41) is 3.44. The minimum Gasteiger partial charge on any atom is -0.333 e. The van der Waals surface area contributed by atoms with Crippen LogP contribution in [0.1, 0.15) is 19.4 Å². The van der Waals surface area contributed by atoms with Gasteiger partial charge in [-0.05, 0) is 37.3 Å². The lowest BCUT2D eigenvalue weighted by Gasteiger charge is -2.35. The van der Waals surface area contributed by atoms with Crippen molar-refractivity contribution in [3.8, 4) is 0 Å². The maximum Gasteiger partial charge on any atom is 0.247 e. The van der Waals surface area contributed by atoms with Gasteiger partial charge in [0.25, 0.3) is 0 Å². The molecule has 2 aliphatic heterocycles. The van der Waals surface area contributed by atoms with Crippen LogP contribution in [0, 0.1) is 11.8 Å². The molecule has 2 unspecified atom stereocenters. The molecule has 0 saturated carbocycles. The third-order valence-electron chi connectivity index (χ3n) is 4.84. The number of carbonyl (C=O) groups is 1. The summed E-state index contributed by atoms with van der Waals surface area (Å²) >= 11 is 0. The fourth-order valence-corrected chi connectivity index (χ4v) is 3.62. The maximum atomic E-state index is 12.5. The number of hydrogen-bond donors (Lipinski definition) is 1. The Balaban J connectivity index is 1.73. The lowest BCUT2D eigenvalue weighted by molar-refractivity contribution is -0.129. The van der Waals surface area contributed by atoms with Crippen LogP contribution in [0.25, 0.3) is 6.08 Å². The van der Waals surface area contributed by atoms with Crippen molar-refractivity contribution in [2.45, 2.75) is 19.4 Å². The summed E-state index contributed by atoms with van der Waals surface area (Å²) < 4.78 is 0. The van der Waals surface area contributed by atoms with Crippen LogP contribution < -0.4 is 5.32 Å². The average molecular weight is 270 g/mol. The van der Waals surface area contributed by atoms with Gasteiger partial charge in [0.15, 0.2) is 0 Å². The van der Waals surface area contributed by atoms with Crippen LogP contribution in [-0.2, 0) is 4.79 Å². The Labute approximate surface area is 120 Å². The van der Waals surface area contributed by atoms with Crippen molar-refractivity contribution in [1.82, 2.24) is 10.2 Å². The van der Waals surface area contributed by atoms with Crippen LogP contribution in [0.2, 0.25) is 0 Å². The Morgan fingerprint density at radius 1 is 1.30 bits per heavy atom. The molecule has 3 rings (SSSR count). The zero-order valence-electron chi connectivity index (χ0n) is 12.2. The van der Waals surface area contributed by atoms with E-state index in [0.717, 1.165) is 25.2 Å². The molecule has 0 radical (unpaired) electrons. The van der Waals surface area contributed by atoms with Crippen LogP contribution in [0.15, 0.2) is 36.4 Å². The van der Waals surface area contributed by atoms with E-state index < -0.39 is 0 Å². The van der Waals surface area contributed by atoms with E-state index in [2.05, 4.69) is 19.2 Å². The normalized spacial score (nSPS) is 28.0. The van der Waals surface area contributed by atoms with Crippen molar-refractivity contribution in [1.29, 1.82) is 0 Å². The van der Waals surface area contributed by atoms with E-state index in [1.165, 1.54) is 0 Å². The number of rotatable bonds is 2. The Bertz CT molecular complexity index is 521. The quantitative estimate of drug-likeness (QED) is 0.835. The fourth-order valence-electron chi connectivity index (χ4n) is 3.62. The molecular weight excluding hydrogens is 248 g/mol. The molecule has 3 heteroatoms. The van der Waals surface area contributed by atoms with Crippen molar-refractivity contribution < 1.29 is 4.79 Å². The zero-order chi connectivity index (χ0) is 14.2. The van der Waals surface area contributed by atoms with Crippen molar-refractivity contribution in [2.75, 3.05) is 19.6 Å². The molecule has 2 atom stereocenters. The van der Waals surface area contributed by atoms with Gasteiger partial charge < -0.3 is 10.2 Å². The van der Waals surface area contributed by atoms with E-state index in [-0.39, 0.29) is 11.4 Å². The van der Waals surface area contributed by atoms with Gasteiger partial charge in [-0.15, -0.1) is 0 Å². The number of nitrogens with zero attached hydrogens (tertiary/aromatic N) is 1. The second kappa shape index (κ2) is 5.06. The van der Waals surface area contributed by atoms with Crippen LogP contribution in [0.4, 0.5) is 0 Å². The standard InChI is InChI=1S/C17H22N2O/c1-17(2)15-11-18-10-14(15)12-19(17)16(20)9-8-13-6-4-3-5-7-13/h3-9,14-15,18H,10-12H2,1-2H3. The molecule has 3 nitrogen and oxygen atoms in total. The number of carbonyl (C=O) groups excluding carboxylic acids is 1. The Morgan fingerprint density at radius 3 is 2.75 bits per heavy atom. The number of fused-ring (bicyclic) bond motifs is 1. The minimum atomic E-state index is -0.0493. The van der Waals surface area contributed by atoms with Crippen LogP contribution >= 0.6 is 0 Å². The Kier molecular flexibility index (Phi) is 3.38. The van der Waals surface area contributed by atoms with Gasteiger partial charge in [0.05, 0.1) is 0 Å². The van der Waals surface area contributed by atoms with Crippen LogP contribution in [-0.4, -0.2) is 36.0 Å². The predicted octanol–water partition coefficient (Wildman–Crippen LogP) is 2.16. The van der Waals surface area contributed by atoms with Crippen LogP contribution in [0.5, 0.6) is 0 Å². The first-order valence-corrected chi connectivity index (χ1v) is 7.34.